The van der Waals surface area contributed by atoms with E-state index in [1.165, 1.54) is 64.2 Å². The Morgan fingerprint density at radius 3 is 1.79 bits per heavy atom. The Morgan fingerprint density at radius 1 is 0.646 bits per heavy atom. The van der Waals surface area contributed by atoms with Crippen molar-refractivity contribution in [2.24, 2.45) is 0 Å². The van der Waals surface area contributed by atoms with Crippen LogP contribution in [0.2, 0.25) is 0 Å². The molecule has 0 saturated carbocycles. The zero-order valence-electron chi connectivity index (χ0n) is 31.7. The van der Waals surface area contributed by atoms with Crippen LogP contribution in [0.15, 0.2) is 36.5 Å². The molecule has 2 unspecified atom stereocenters. The molecule has 0 N–H and O–H groups in total. The molecule has 2 atom stereocenters. The number of phosphoric acid groups is 1. The fourth-order valence-electron chi connectivity index (χ4n) is 4.87. The van der Waals surface area contributed by atoms with E-state index < -0.39 is 13.9 Å². The van der Waals surface area contributed by atoms with Gasteiger partial charge in [0.15, 0.2) is 0 Å². The van der Waals surface area contributed by atoms with Gasteiger partial charge in [-0.15, -0.1) is 0 Å². The summed E-state index contributed by atoms with van der Waals surface area (Å²) in [4.78, 5) is 24.9. The number of carbonyl (C=O) groups excluding carboxylic acids is 1. The van der Waals surface area contributed by atoms with Gasteiger partial charge < -0.3 is 27.9 Å². The third kappa shape index (κ3) is 36.0. The van der Waals surface area contributed by atoms with Crippen molar-refractivity contribution >= 4 is 13.8 Å². The topological polar surface area (TPSA) is 94.1 Å². The van der Waals surface area contributed by atoms with Gasteiger partial charge in [-0.05, 0) is 64.2 Å². The summed E-state index contributed by atoms with van der Waals surface area (Å²) in [6.07, 6.45) is 35.7. The first-order valence-corrected chi connectivity index (χ1v) is 20.7. The lowest BCUT2D eigenvalue weighted by molar-refractivity contribution is -0.870. The molecule has 9 heteroatoms. The predicted molar refractivity (Wildman–Crippen MR) is 199 cm³/mol. The fourth-order valence-corrected chi connectivity index (χ4v) is 5.60. The van der Waals surface area contributed by atoms with Crippen LogP contribution in [0, 0.1) is 0 Å². The Balaban J connectivity index is 4.34. The van der Waals surface area contributed by atoms with Crippen molar-refractivity contribution in [3.05, 3.63) is 36.5 Å². The zero-order chi connectivity index (χ0) is 35.6. The van der Waals surface area contributed by atoms with E-state index >= 15 is 0 Å². The maximum Gasteiger partial charge on any atom is 0.306 e. The van der Waals surface area contributed by atoms with Crippen LogP contribution >= 0.6 is 7.82 Å². The van der Waals surface area contributed by atoms with Crippen molar-refractivity contribution in [1.82, 2.24) is 0 Å². The van der Waals surface area contributed by atoms with Crippen molar-refractivity contribution in [2.45, 2.75) is 155 Å². The molecule has 0 aromatic rings. The second-order valence-corrected chi connectivity index (χ2v) is 15.3. The highest BCUT2D eigenvalue weighted by molar-refractivity contribution is 7.45. The Kier molecular flexibility index (Phi) is 32.0. The molecular formula is C39H74NO7P. The minimum atomic E-state index is -4.52. The fraction of sp³-hybridized carbons (Fsp3) is 0.821. The van der Waals surface area contributed by atoms with Gasteiger partial charge in [0.05, 0.1) is 34.4 Å². The summed E-state index contributed by atoms with van der Waals surface area (Å²) in [6.45, 7) is 5.28. The number of allylic oxidation sites excluding steroid dienone is 6. The van der Waals surface area contributed by atoms with E-state index in [-0.39, 0.29) is 25.8 Å². The number of rotatable bonds is 35. The number of likely N-dealkylation sites (N-methyl/N-ethyl adjacent to an activating group) is 1. The lowest BCUT2D eigenvalue weighted by Gasteiger charge is -2.28. The SMILES string of the molecule is CCC/C=C\C/C=C\CCCCCCCC(=O)OC(COCCCCCCCC/C=C\CCCCC)COP(=O)([O-])OCC[N+](C)(C)C. The van der Waals surface area contributed by atoms with Crippen molar-refractivity contribution in [3.63, 3.8) is 0 Å². The van der Waals surface area contributed by atoms with E-state index in [0.29, 0.717) is 24.1 Å². The highest BCUT2D eigenvalue weighted by atomic mass is 31.2. The van der Waals surface area contributed by atoms with Crippen LogP contribution in [-0.4, -0.2) is 70.7 Å². The number of phosphoric ester groups is 1. The lowest BCUT2D eigenvalue weighted by Crippen LogP contribution is -2.37. The number of esters is 1. The Labute approximate surface area is 295 Å². The summed E-state index contributed by atoms with van der Waals surface area (Å²) in [5.74, 6) is -0.353. The molecule has 0 rings (SSSR count). The summed E-state index contributed by atoms with van der Waals surface area (Å²) in [6, 6.07) is 0. The Morgan fingerprint density at radius 2 is 1.19 bits per heavy atom. The maximum atomic E-state index is 12.6. The number of hydrogen-bond donors (Lipinski definition) is 0. The molecule has 0 aromatic heterocycles. The van der Waals surface area contributed by atoms with Gasteiger partial charge in [-0.1, -0.05) is 115 Å². The lowest BCUT2D eigenvalue weighted by atomic mass is 10.1. The van der Waals surface area contributed by atoms with Gasteiger partial charge in [-0.25, -0.2) is 0 Å². The number of ether oxygens (including phenoxy) is 2. The summed E-state index contributed by atoms with van der Waals surface area (Å²) >= 11 is 0. The summed E-state index contributed by atoms with van der Waals surface area (Å²) in [7, 11) is 1.34. The second kappa shape index (κ2) is 32.9. The monoisotopic (exact) mass is 700 g/mol. The molecule has 0 saturated heterocycles. The van der Waals surface area contributed by atoms with Gasteiger partial charge in [0.2, 0.25) is 0 Å². The van der Waals surface area contributed by atoms with Crippen molar-refractivity contribution in [2.75, 3.05) is 54.1 Å². The normalized spacial score (nSPS) is 14.4. The average Bonchev–Trinajstić information content (AvgIpc) is 3.03. The third-order valence-corrected chi connectivity index (χ3v) is 8.86. The van der Waals surface area contributed by atoms with Gasteiger partial charge in [0.1, 0.15) is 19.3 Å². The van der Waals surface area contributed by atoms with E-state index in [1.807, 2.05) is 21.1 Å². The van der Waals surface area contributed by atoms with Crippen LogP contribution in [0.4, 0.5) is 0 Å². The Bertz CT molecular complexity index is 869. The molecule has 0 aliphatic heterocycles. The van der Waals surface area contributed by atoms with E-state index in [0.717, 1.165) is 64.2 Å². The summed E-state index contributed by atoms with van der Waals surface area (Å²) < 4.78 is 34.4. The molecule has 8 nitrogen and oxygen atoms in total. The molecule has 0 radical (unpaired) electrons. The number of carbonyl (C=O) groups is 1. The second-order valence-electron chi connectivity index (χ2n) is 13.9. The molecule has 0 spiro atoms. The van der Waals surface area contributed by atoms with E-state index in [2.05, 4.69) is 50.3 Å². The number of nitrogens with zero attached hydrogens (tertiary/aromatic N) is 1. The van der Waals surface area contributed by atoms with E-state index in [1.54, 1.807) is 0 Å². The smallest absolute Gasteiger partial charge is 0.306 e. The molecule has 0 aromatic carbocycles. The highest BCUT2D eigenvalue weighted by Crippen LogP contribution is 2.38. The van der Waals surface area contributed by atoms with Crippen LogP contribution in [0.25, 0.3) is 0 Å². The van der Waals surface area contributed by atoms with Crippen molar-refractivity contribution < 1.29 is 37.3 Å². The predicted octanol–water partition coefficient (Wildman–Crippen LogP) is 10.0. The number of unbranched alkanes of at least 4 members (excludes halogenated alkanes) is 15. The zero-order valence-corrected chi connectivity index (χ0v) is 32.6. The van der Waals surface area contributed by atoms with Crippen LogP contribution < -0.4 is 4.89 Å². The molecule has 0 bridgehead atoms. The molecule has 48 heavy (non-hydrogen) atoms. The number of quaternary nitrogens is 1. The molecule has 0 fully saturated rings. The molecule has 282 valence electrons. The molecule has 0 heterocycles. The largest absolute Gasteiger partial charge is 0.756 e. The van der Waals surface area contributed by atoms with Crippen LogP contribution in [0.5, 0.6) is 0 Å². The van der Waals surface area contributed by atoms with Crippen molar-refractivity contribution in [1.29, 1.82) is 0 Å². The van der Waals surface area contributed by atoms with Crippen LogP contribution in [-0.2, 0) is 27.9 Å². The minimum Gasteiger partial charge on any atom is -0.756 e. The quantitative estimate of drug-likeness (QED) is 0.0214. The van der Waals surface area contributed by atoms with Gasteiger partial charge in [-0.2, -0.15) is 0 Å². The summed E-state index contributed by atoms with van der Waals surface area (Å²) in [5.41, 5.74) is 0. The third-order valence-electron chi connectivity index (χ3n) is 7.89. The average molecular weight is 700 g/mol. The molecule has 0 aliphatic carbocycles. The van der Waals surface area contributed by atoms with Gasteiger partial charge in [0, 0.05) is 13.0 Å². The van der Waals surface area contributed by atoms with E-state index in [4.69, 9.17) is 18.5 Å². The molecular weight excluding hydrogens is 625 g/mol. The minimum absolute atomic E-state index is 0.0215. The number of hydrogen-bond acceptors (Lipinski definition) is 7. The summed E-state index contributed by atoms with van der Waals surface area (Å²) in [5, 5.41) is 0. The van der Waals surface area contributed by atoms with Gasteiger partial charge in [-0.3, -0.25) is 9.36 Å². The van der Waals surface area contributed by atoms with Gasteiger partial charge >= 0.3 is 5.97 Å². The first-order valence-electron chi connectivity index (χ1n) is 19.2. The van der Waals surface area contributed by atoms with Crippen LogP contribution in [0.3, 0.4) is 0 Å². The molecule has 0 amide bonds. The van der Waals surface area contributed by atoms with E-state index in [9.17, 15) is 14.3 Å². The Hall–Kier alpha value is -1.28. The first kappa shape index (κ1) is 46.7. The standard InChI is InChI=1S/C39H74NO7P/c1-6-8-10-12-14-16-18-20-22-24-26-28-30-32-39(41)47-38(37-46-48(42,43)45-35-33-40(3,4)5)36-44-34-31-29-27-25-23-21-19-17-15-13-11-9-7-2/h10,12,15-18,38H,6-9,11,13-14,19-37H2,1-5H3/b12-10-,17-15-,18-16-. The first-order chi connectivity index (χ1) is 23.1. The highest BCUT2D eigenvalue weighted by Gasteiger charge is 2.20. The van der Waals surface area contributed by atoms with Gasteiger partial charge in [0.25, 0.3) is 7.82 Å². The van der Waals surface area contributed by atoms with Crippen LogP contribution in [0.1, 0.15) is 149 Å². The molecule has 0 aliphatic rings. The van der Waals surface area contributed by atoms with Crippen molar-refractivity contribution in [3.8, 4) is 0 Å². The maximum absolute atomic E-state index is 12.6.